The second-order valence-electron chi connectivity index (χ2n) is 6.54. The van der Waals surface area contributed by atoms with Gasteiger partial charge >= 0.3 is 5.97 Å². The van der Waals surface area contributed by atoms with E-state index >= 15 is 0 Å². The van der Waals surface area contributed by atoms with Gasteiger partial charge in [0.15, 0.2) is 11.9 Å². The van der Waals surface area contributed by atoms with E-state index in [9.17, 15) is 9.59 Å². The summed E-state index contributed by atoms with van der Waals surface area (Å²) in [5.74, 6) is -0.415. The van der Waals surface area contributed by atoms with E-state index in [1.165, 1.54) is 0 Å². The molecule has 1 aromatic heterocycles. The first-order chi connectivity index (χ1) is 12.7. The van der Waals surface area contributed by atoms with Crippen LogP contribution in [0.1, 0.15) is 41.6 Å². The number of esters is 1. The number of rotatable bonds is 4. The van der Waals surface area contributed by atoms with Crippen molar-refractivity contribution in [2.45, 2.75) is 38.3 Å². The molecule has 0 bridgehead atoms. The molecule has 0 unspecified atom stereocenters. The SMILES string of the molecule is O=C(O[C@H]1CCCCC1=O)c1ccc(Cn2nnc3ccccc32)cc1. The highest BCUT2D eigenvalue weighted by atomic mass is 16.5. The van der Waals surface area contributed by atoms with Crippen LogP contribution in [0.2, 0.25) is 0 Å². The molecule has 0 N–H and O–H groups in total. The monoisotopic (exact) mass is 349 g/mol. The van der Waals surface area contributed by atoms with Gasteiger partial charge in [-0.3, -0.25) is 4.79 Å². The molecular weight excluding hydrogens is 330 g/mol. The minimum absolute atomic E-state index is 0.0271. The summed E-state index contributed by atoms with van der Waals surface area (Å²) in [5, 5.41) is 8.31. The van der Waals surface area contributed by atoms with Gasteiger partial charge in [-0.1, -0.05) is 29.5 Å². The average molecular weight is 349 g/mol. The van der Waals surface area contributed by atoms with Gasteiger partial charge in [-0.05, 0) is 49.1 Å². The number of carbonyl (C=O) groups excluding carboxylic acids is 2. The Bertz CT molecular complexity index is 946. The highest BCUT2D eigenvalue weighted by molar-refractivity contribution is 5.93. The fraction of sp³-hybridized carbons (Fsp3) is 0.300. The summed E-state index contributed by atoms with van der Waals surface area (Å²) < 4.78 is 7.20. The van der Waals surface area contributed by atoms with Crippen LogP contribution in [0.25, 0.3) is 11.0 Å². The molecule has 6 nitrogen and oxygen atoms in total. The maximum absolute atomic E-state index is 12.3. The number of para-hydroxylation sites is 1. The van der Waals surface area contributed by atoms with Crippen LogP contribution in [0.3, 0.4) is 0 Å². The number of ketones is 1. The third-order valence-corrected chi connectivity index (χ3v) is 4.69. The quantitative estimate of drug-likeness (QED) is 0.677. The highest BCUT2D eigenvalue weighted by Crippen LogP contribution is 2.19. The number of nitrogens with zero attached hydrogens (tertiary/aromatic N) is 3. The van der Waals surface area contributed by atoms with Crippen molar-refractivity contribution in [2.24, 2.45) is 0 Å². The zero-order valence-electron chi connectivity index (χ0n) is 14.3. The fourth-order valence-corrected chi connectivity index (χ4v) is 3.23. The van der Waals surface area contributed by atoms with E-state index in [2.05, 4.69) is 10.3 Å². The van der Waals surface area contributed by atoms with Crippen molar-refractivity contribution in [1.29, 1.82) is 0 Å². The predicted molar refractivity (Wildman–Crippen MR) is 95.8 cm³/mol. The number of fused-ring (bicyclic) bond motifs is 1. The molecule has 1 saturated carbocycles. The lowest BCUT2D eigenvalue weighted by molar-refractivity contribution is -0.129. The number of aromatic nitrogens is 3. The molecule has 0 radical (unpaired) electrons. The van der Waals surface area contributed by atoms with Crippen LogP contribution in [0.4, 0.5) is 0 Å². The van der Waals surface area contributed by atoms with Gasteiger partial charge in [0, 0.05) is 6.42 Å². The Hall–Kier alpha value is -3.02. The van der Waals surface area contributed by atoms with E-state index in [0.29, 0.717) is 24.9 Å². The number of benzene rings is 2. The molecule has 1 fully saturated rings. The van der Waals surface area contributed by atoms with Crippen molar-refractivity contribution < 1.29 is 14.3 Å². The molecule has 26 heavy (non-hydrogen) atoms. The largest absolute Gasteiger partial charge is 0.451 e. The van der Waals surface area contributed by atoms with Crippen molar-refractivity contribution in [2.75, 3.05) is 0 Å². The van der Waals surface area contributed by atoms with Gasteiger partial charge in [0.2, 0.25) is 0 Å². The fourth-order valence-electron chi connectivity index (χ4n) is 3.23. The highest BCUT2D eigenvalue weighted by Gasteiger charge is 2.26. The van der Waals surface area contributed by atoms with Gasteiger partial charge < -0.3 is 4.74 Å². The minimum Gasteiger partial charge on any atom is -0.451 e. The van der Waals surface area contributed by atoms with Gasteiger partial charge in [-0.25, -0.2) is 9.48 Å². The van der Waals surface area contributed by atoms with Crippen LogP contribution in [0.15, 0.2) is 48.5 Å². The van der Waals surface area contributed by atoms with E-state index < -0.39 is 12.1 Å². The molecule has 0 saturated heterocycles. The molecule has 1 aliphatic rings. The summed E-state index contributed by atoms with van der Waals surface area (Å²) in [6.45, 7) is 0.566. The van der Waals surface area contributed by atoms with Crippen molar-refractivity contribution in [3.05, 3.63) is 59.7 Å². The number of hydrogen-bond acceptors (Lipinski definition) is 5. The third kappa shape index (κ3) is 3.35. The zero-order valence-corrected chi connectivity index (χ0v) is 14.3. The first kappa shape index (κ1) is 16.4. The lowest BCUT2D eigenvalue weighted by Gasteiger charge is -2.20. The molecule has 132 valence electrons. The summed E-state index contributed by atoms with van der Waals surface area (Å²) in [6.07, 6.45) is 2.36. The first-order valence-electron chi connectivity index (χ1n) is 8.81. The van der Waals surface area contributed by atoms with Gasteiger partial charge in [0.1, 0.15) is 5.52 Å². The van der Waals surface area contributed by atoms with Crippen LogP contribution in [-0.2, 0) is 16.1 Å². The molecule has 2 aromatic carbocycles. The third-order valence-electron chi connectivity index (χ3n) is 4.69. The summed E-state index contributed by atoms with van der Waals surface area (Å²) >= 11 is 0. The Kier molecular flexibility index (Phi) is 4.48. The summed E-state index contributed by atoms with van der Waals surface area (Å²) in [7, 11) is 0. The average Bonchev–Trinajstić information content (AvgIpc) is 3.07. The van der Waals surface area contributed by atoms with Gasteiger partial charge in [-0.15, -0.1) is 5.10 Å². The van der Waals surface area contributed by atoms with Gasteiger partial charge in [0.25, 0.3) is 0 Å². The van der Waals surface area contributed by atoms with Crippen molar-refractivity contribution in [3.8, 4) is 0 Å². The predicted octanol–water partition coefficient (Wildman–Crippen LogP) is 3.15. The van der Waals surface area contributed by atoms with Crippen LogP contribution in [-0.4, -0.2) is 32.9 Å². The van der Waals surface area contributed by atoms with Crippen molar-refractivity contribution in [3.63, 3.8) is 0 Å². The van der Waals surface area contributed by atoms with Crippen molar-refractivity contribution >= 4 is 22.8 Å². The second kappa shape index (κ2) is 7.07. The Balaban J connectivity index is 1.44. The molecule has 0 aliphatic heterocycles. The standard InChI is InChI=1S/C20H19N3O3/c24-18-7-3-4-8-19(18)26-20(25)15-11-9-14(10-12-15)13-23-17-6-2-1-5-16(17)21-22-23/h1-2,5-6,9-12,19H,3-4,7-8,13H2/t19-/m0/s1. The maximum Gasteiger partial charge on any atom is 0.338 e. The molecular formula is C20H19N3O3. The van der Waals surface area contributed by atoms with E-state index in [-0.39, 0.29) is 5.78 Å². The number of Topliss-reactive ketones (excluding diaryl/α,β-unsaturated/α-hetero) is 1. The van der Waals surface area contributed by atoms with Crippen LogP contribution < -0.4 is 0 Å². The Morgan fingerprint density at radius 2 is 1.92 bits per heavy atom. The van der Waals surface area contributed by atoms with E-state index in [0.717, 1.165) is 29.4 Å². The minimum atomic E-state index is -0.586. The first-order valence-corrected chi connectivity index (χ1v) is 8.81. The number of carbonyl (C=O) groups is 2. The van der Waals surface area contributed by atoms with Crippen LogP contribution in [0, 0.1) is 0 Å². The van der Waals surface area contributed by atoms with Gasteiger partial charge in [0.05, 0.1) is 17.6 Å². The second-order valence-corrected chi connectivity index (χ2v) is 6.54. The number of ether oxygens (including phenoxy) is 1. The normalized spacial score (nSPS) is 17.4. The van der Waals surface area contributed by atoms with Crippen molar-refractivity contribution in [1.82, 2.24) is 15.0 Å². The molecule has 1 atom stereocenters. The van der Waals surface area contributed by atoms with E-state index in [1.54, 1.807) is 12.1 Å². The van der Waals surface area contributed by atoms with Crippen LogP contribution >= 0.6 is 0 Å². The Labute approximate surface area is 150 Å². The molecule has 3 aromatic rings. The van der Waals surface area contributed by atoms with Gasteiger partial charge in [-0.2, -0.15) is 0 Å². The molecule has 0 amide bonds. The van der Waals surface area contributed by atoms with Crippen LogP contribution in [0.5, 0.6) is 0 Å². The topological polar surface area (TPSA) is 74.1 Å². The molecule has 1 aliphatic carbocycles. The number of hydrogen-bond donors (Lipinski definition) is 0. The maximum atomic E-state index is 12.3. The smallest absolute Gasteiger partial charge is 0.338 e. The molecule has 0 spiro atoms. The summed E-state index contributed by atoms with van der Waals surface area (Å²) in [6, 6.07) is 15.0. The Morgan fingerprint density at radius 3 is 2.73 bits per heavy atom. The zero-order chi connectivity index (χ0) is 17.9. The van der Waals surface area contributed by atoms with E-state index in [1.807, 2.05) is 41.1 Å². The summed E-state index contributed by atoms with van der Waals surface area (Å²) in [4.78, 5) is 24.1. The molecule has 1 heterocycles. The molecule has 4 rings (SSSR count). The molecule has 6 heteroatoms. The Morgan fingerprint density at radius 1 is 1.12 bits per heavy atom. The summed E-state index contributed by atoms with van der Waals surface area (Å²) in [5.41, 5.74) is 3.28. The lowest BCUT2D eigenvalue weighted by atomic mass is 9.96. The lowest BCUT2D eigenvalue weighted by Crippen LogP contribution is -2.30. The van der Waals surface area contributed by atoms with E-state index in [4.69, 9.17) is 4.74 Å².